The van der Waals surface area contributed by atoms with Crippen molar-refractivity contribution in [2.75, 3.05) is 6.54 Å². The minimum atomic E-state index is 0.502. The van der Waals surface area contributed by atoms with E-state index in [2.05, 4.69) is 4.90 Å². The molecule has 2 nitrogen and oxygen atoms in total. The minimum absolute atomic E-state index is 0.502. The van der Waals surface area contributed by atoms with Crippen molar-refractivity contribution in [3.63, 3.8) is 0 Å². The van der Waals surface area contributed by atoms with Crippen molar-refractivity contribution in [2.45, 2.75) is 69.5 Å². The first kappa shape index (κ1) is 10.1. The minimum Gasteiger partial charge on any atom is -0.328 e. The van der Waals surface area contributed by atoms with Gasteiger partial charge >= 0.3 is 0 Å². The van der Waals surface area contributed by atoms with Crippen LogP contribution in [-0.2, 0) is 0 Å². The molecule has 2 saturated heterocycles. The molecule has 2 aliphatic heterocycles. The molecule has 3 rings (SSSR count). The molecule has 1 saturated carbocycles. The molecule has 0 radical (unpaired) electrons. The van der Waals surface area contributed by atoms with Gasteiger partial charge in [-0.1, -0.05) is 12.8 Å². The Hall–Kier alpha value is -0.0800. The normalized spacial score (nSPS) is 42.6. The lowest BCUT2D eigenvalue weighted by molar-refractivity contribution is 0.108. The number of hydrogen-bond acceptors (Lipinski definition) is 2. The SMILES string of the molecule is NC1CC2CCC(C1)N2CC1CCCC1. The number of hydrogen-bond donors (Lipinski definition) is 1. The van der Waals surface area contributed by atoms with Gasteiger partial charge in [0.1, 0.15) is 0 Å². The van der Waals surface area contributed by atoms with E-state index in [1.165, 1.54) is 57.9 Å². The van der Waals surface area contributed by atoms with E-state index in [4.69, 9.17) is 5.73 Å². The monoisotopic (exact) mass is 208 g/mol. The van der Waals surface area contributed by atoms with Crippen LogP contribution in [0.25, 0.3) is 0 Å². The quantitative estimate of drug-likeness (QED) is 0.753. The van der Waals surface area contributed by atoms with Gasteiger partial charge in [0.05, 0.1) is 0 Å². The Kier molecular flexibility index (Phi) is 2.73. The van der Waals surface area contributed by atoms with Crippen molar-refractivity contribution in [1.29, 1.82) is 0 Å². The predicted octanol–water partition coefficient (Wildman–Crippen LogP) is 2.13. The molecule has 3 fully saturated rings. The van der Waals surface area contributed by atoms with Gasteiger partial charge in [0.2, 0.25) is 0 Å². The number of nitrogens with two attached hydrogens (primary N) is 1. The maximum atomic E-state index is 6.10. The summed E-state index contributed by atoms with van der Waals surface area (Å²) in [5.41, 5.74) is 6.10. The number of nitrogens with zero attached hydrogens (tertiary/aromatic N) is 1. The zero-order chi connectivity index (χ0) is 10.3. The zero-order valence-corrected chi connectivity index (χ0v) is 9.70. The van der Waals surface area contributed by atoms with Crippen molar-refractivity contribution >= 4 is 0 Å². The molecule has 2 atom stereocenters. The highest BCUT2D eigenvalue weighted by Crippen LogP contribution is 2.37. The molecule has 1 aliphatic carbocycles. The average molecular weight is 208 g/mol. The number of rotatable bonds is 2. The molecule has 2 heterocycles. The smallest absolute Gasteiger partial charge is 0.0114 e. The third-order valence-corrected chi connectivity index (χ3v) is 4.86. The Balaban J connectivity index is 1.61. The lowest BCUT2D eigenvalue weighted by Gasteiger charge is -2.39. The van der Waals surface area contributed by atoms with E-state index in [-0.39, 0.29) is 0 Å². The molecule has 15 heavy (non-hydrogen) atoms. The molecule has 2 heteroatoms. The maximum Gasteiger partial charge on any atom is 0.0114 e. The first-order chi connectivity index (χ1) is 7.33. The summed E-state index contributed by atoms with van der Waals surface area (Å²) in [6, 6.07) is 2.20. The lowest BCUT2D eigenvalue weighted by Crippen LogP contribution is -2.48. The summed E-state index contributed by atoms with van der Waals surface area (Å²) < 4.78 is 0. The van der Waals surface area contributed by atoms with Crippen LogP contribution in [0.2, 0.25) is 0 Å². The standard InChI is InChI=1S/C13H24N2/c14-11-7-12-5-6-13(8-11)15(12)9-10-3-1-2-4-10/h10-13H,1-9,14H2. The molecule has 2 unspecified atom stereocenters. The molecule has 0 aromatic rings. The molecule has 0 aromatic heterocycles. The van der Waals surface area contributed by atoms with Crippen molar-refractivity contribution in [1.82, 2.24) is 4.90 Å². The molecular formula is C13H24N2. The van der Waals surface area contributed by atoms with Crippen molar-refractivity contribution in [3.8, 4) is 0 Å². The molecule has 2 N–H and O–H groups in total. The average Bonchev–Trinajstić information content (AvgIpc) is 2.77. The van der Waals surface area contributed by atoms with Crippen LogP contribution in [0.3, 0.4) is 0 Å². The van der Waals surface area contributed by atoms with Crippen molar-refractivity contribution < 1.29 is 0 Å². The topological polar surface area (TPSA) is 29.3 Å². The molecule has 0 aromatic carbocycles. The maximum absolute atomic E-state index is 6.10. The molecule has 2 bridgehead atoms. The second kappa shape index (κ2) is 4.06. The van der Waals surface area contributed by atoms with Gasteiger partial charge in [-0.25, -0.2) is 0 Å². The second-order valence-electron chi connectivity index (χ2n) is 5.96. The lowest BCUT2D eigenvalue weighted by atomic mass is 9.96. The first-order valence-electron chi connectivity index (χ1n) is 6.84. The van der Waals surface area contributed by atoms with Crippen LogP contribution in [-0.4, -0.2) is 29.6 Å². The van der Waals surface area contributed by atoms with E-state index in [1.54, 1.807) is 0 Å². The number of piperidine rings is 1. The summed E-state index contributed by atoms with van der Waals surface area (Å²) >= 11 is 0. The highest BCUT2D eigenvalue weighted by Gasteiger charge is 2.40. The van der Waals surface area contributed by atoms with Gasteiger partial charge in [0, 0.05) is 24.7 Å². The third-order valence-electron chi connectivity index (χ3n) is 4.86. The van der Waals surface area contributed by atoms with E-state index in [1.807, 2.05) is 0 Å². The fourth-order valence-electron chi connectivity index (χ4n) is 4.11. The van der Waals surface area contributed by atoms with Gasteiger partial charge in [0.15, 0.2) is 0 Å². The number of fused-ring (bicyclic) bond motifs is 2. The highest BCUT2D eigenvalue weighted by molar-refractivity contribution is 4.97. The van der Waals surface area contributed by atoms with E-state index < -0.39 is 0 Å². The van der Waals surface area contributed by atoms with Crippen LogP contribution in [0.5, 0.6) is 0 Å². The summed E-state index contributed by atoms with van der Waals surface area (Å²) in [5.74, 6) is 1.02. The fraction of sp³-hybridized carbons (Fsp3) is 1.00. The van der Waals surface area contributed by atoms with E-state index in [0.29, 0.717) is 6.04 Å². The van der Waals surface area contributed by atoms with E-state index in [0.717, 1.165) is 18.0 Å². The predicted molar refractivity (Wildman–Crippen MR) is 62.7 cm³/mol. The Morgan fingerprint density at radius 1 is 0.933 bits per heavy atom. The third kappa shape index (κ3) is 1.94. The van der Waals surface area contributed by atoms with Crippen LogP contribution in [0.15, 0.2) is 0 Å². The second-order valence-corrected chi connectivity index (χ2v) is 5.96. The molecule has 86 valence electrons. The van der Waals surface area contributed by atoms with Gasteiger partial charge in [0.25, 0.3) is 0 Å². The van der Waals surface area contributed by atoms with Crippen molar-refractivity contribution in [3.05, 3.63) is 0 Å². The van der Waals surface area contributed by atoms with E-state index in [9.17, 15) is 0 Å². The van der Waals surface area contributed by atoms with Crippen molar-refractivity contribution in [2.24, 2.45) is 11.7 Å². The van der Waals surface area contributed by atoms with Gasteiger partial charge in [-0.3, -0.25) is 4.90 Å². The zero-order valence-electron chi connectivity index (χ0n) is 9.70. The molecule has 3 aliphatic rings. The van der Waals surface area contributed by atoms with Crippen LogP contribution in [0.1, 0.15) is 51.4 Å². The molecule has 0 amide bonds. The summed E-state index contributed by atoms with van der Waals surface area (Å²) in [6.45, 7) is 1.39. The van der Waals surface area contributed by atoms with Crippen LogP contribution in [0, 0.1) is 5.92 Å². The Morgan fingerprint density at radius 3 is 2.13 bits per heavy atom. The van der Waals surface area contributed by atoms with E-state index >= 15 is 0 Å². The fourth-order valence-corrected chi connectivity index (χ4v) is 4.11. The summed E-state index contributed by atoms with van der Waals surface area (Å²) in [4.78, 5) is 2.82. The highest BCUT2D eigenvalue weighted by atomic mass is 15.2. The van der Waals surface area contributed by atoms with Crippen LogP contribution in [0.4, 0.5) is 0 Å². The first-order valence-corrected chi connectivity index (χ1v) is 6.84. The van der Waals surface area contributed by atoms with Crippen LogP contribution < -0.4 is 5.73 Å². The summed E-state index contributed by atoms with van der Waals surface area (Å²) in [6.07, 6.45) is 11.3. The molecular weight excluding hydrogens is 184 g/mol. The molecule has 0 spiro atoms. The largest absolute Gasteiger partial charge is 0.328 e. The van der Waals surface area contributed by atoms with Gasteiger partial charge in [-0.15, -0.1) is 0 Å². The van der Waals surface area contributed by atoms with Gasteiger partial charge in [-0.05, 0) is 44.4 Å². The Labute approximate surface area is 93.2 Å². The van der Waals surface area contributed by atoms with Gasteiger partial charge < -0.3 is 5.73 Å². The van der Waals surface area contributed by atoms with Crippen LogP contribution >= 0.6 is 0 Å². The Morgan fingerprint density at radius 2 is 1.53 bits per heavy atom. The summed E-state index contributed by atoms with van der Waals surface area (Å²) in [5, 5.41) is 0. The van der Waals surface area contributed by atoms with Gasteiger partial charge in [-0.2, -0.15) is 0 Å². The summed E-state index contributed by atoms with van der Waals surface area (Å²) in [7, 11) is 0. The Bertz CT molecular complexity index is 209.